The van der Waals surface area contributed by atoms with Gasteiger partial charge in [0.1, 0.15) is 11.6 Å². The number of nitrogens with two attached hydrogens (primary N) is 1. The summed E-state index contributed by atoms with van der Waals surface area (Å²) in [4.78, 5) is 4.55. The van der Waals surface area contributed by atoms with Crippen molar-refractivity contribution in [1.82, 2.24) is 9.55 Å². The molecule has 0 aliphatic heterocycles. The van der Waals surface area contributed by atoms with Gasteiger partial charge in [0.15, 0.2) is 0 Å². The molecule has 3 aromatic rings. The second-order valence-electron chi connectivity index (χ2n) is 5.26. The van der Waals surface area contributed by atoms with Gasteiger partial charge in [-0.25, -0.2) is 9.37 Å². The van der Waals surface area contributed by atoms with Gasteiger partial charge < -0.3 is 10.3 Å². The molecule has 0 atom stereocenters. The maximum absolute atomic E-state index is 13.4. The number of benzene rings is 2. The van der Waals surface area contributed by atoms with Crippen LogP contribution in [0.15, 0.2) is 36.4 Å². The van der Waals surface area contributed by atoms with Crippen LogP contribution in [0.25, 0.3) is 22.4 Å². The van der Waals surface area contributed by atoms with Crippen molar-refractivity contribution < 1.29 is 4.39 Å². The van der Waals surface area contributed by atoms with E-state index in [0.29, 0.717) is 22.1 Å². The van der Waals surface area contributed by atoms with Crippen LogP contribution in [0.5, 0.6) is 0 Å². The lowest BCUT2D eigenvalue weighted by molar-refractivity contribution is 0.620. The number of nitrogens with zero attached hydrogens (tertiary/aromatic N) is 2. The Morgan fingerprint density at radius 2 is 1.95 bits per heavy atom. The van der Waals surface area contributed by atoms with Crippen LogP contribution in [-0.4, -0.2) is 9.55 Å². The molecule has 0 unspecified atom stereocenters. The number of hydrogen-bond acceptors (Lipinski definition) is 2. The van der Waals surface area contributed by atoms with Crippen LogP contribution < -0.4 is 5.73 Å². The first-order valence-electron chi connectivity index (χ1n) is 6.70. The van der Waals surface area contributed by atoms with Crippen molar-refractivity contribution in [3.8, 4) is 11.4 Å². The Labute approximate surface area is 127 Å². The normalized spacial score (nSPS) is 11.5. The third kappa shape index (κ3) is 2.36. The van der Waals surface area contributed by atoms with E-state index < -0.39 is 0 Å². The summed E-state index contributed by atoms with van der Waals surface area (Å²) >= 11 is 6.07. The number of aromatic nitrogens is 2. The van der Waals surface area contributed by atoms with Gasteiger partial charge in [-0.05, 0) is 44.2 Å². The monoisotopic (exact) mass is 303 g/mol. The molecule has 0 amide bonds. The van der Waals surface area contributed by atoms with Gasteiger partial charge in [0, 0.05) is 28.4 Å². The maximum Gasteiger partial charge on any atom is 0.143 e. The van der Waals surface area contributed by atoms with E-state index in [2.05, 4.69) is 18.8 Å². The van der Waals surface area contributed by atoms with Gasteiger partial charge >= 0.3 is 0 Å². The predicted molar refractivity (Wildman–Crippen MR) is 84.9 cm³/mol. The van der Waals surface area contributed by atoms with Crippen LogP contribution in [0, 0.1) is 5.82 Å². The van der Waals surface area contributed by atoms with Crippen LogP contribution in [-0.2, 0) is 0 Å². The largest absolute Gasteiger partial charge is 0.398 e. The molecule has 3 rings (SSSR count). The molecule has 1 aromatic heterocycles. The molecule has 0 saturated carbocycles. The van der Waals surface area contributed by atoms with E-state index in [9.17, 15) is 4.39 Å². The Kier molecular flexibility index (Phi) is 3.33. The highest BCUT2D eigenvalue weighted by atomic mass is 35.5. The summed E-state index contributed by atoms with van der Waals surface area (Å²) in [7, 11) is 0. The van der Waals surface area contributed by atoms with Crippen molar-refractivity contribution in [2.24, 2.45) is 0 Å². The Bertz CT molecular complexity index is 824. The van der Waals surface area contributed by atoms with Crippen LogP contribution in [0.1, 0.15) is 19.9 Å². The van der Waals surface area contributed by atoms with E-state index >= 15 is 0 Å². The molecule has 0 fully saturated rings. The fraction of sp³-hybridized carbons (Fsp3) is 0.188. The standard InChI is InChI=1S/C16H15ClFN3/c1-9(2)21-15-6-4-11(18)8-14(15)20-16(21)12-7-10(17)3-5-13(12)19/h3-9H,19H2,1-2H3. The van der Waals surface area contributed by atoms with Gasteiger partial charge in [0.05, 0.1) is 11.0 Å². The van der Waals surface area contributed by atoms with Gasteiger partial charge in [-0.3, -0.25) is 0 Å². The van der Waals surface area contributed by atoms with E-state index in [4.69, 9.17) is 17.3 Å². The molecule has 5 heteroatoms. The summed E-state index contributed by atoms with van der Waals surface area (Å²) in [6.45, 7) is 4.10. The molecule has 0 aliphatic carbocycles. The molecule has 0 aliphatic rings. The van der Waals surface area contributed by atoms with Crippen molar-refractivity contribution in [3.05, 3.63) is 47.2 Å². The minimum atomic E-state index is -0.304. The molecule has 2 aromatic carbocycles. The first-order valence-corrected chi connectivity index (χ1v) is 7.08. The molecular weight excluding hydrogens is 289 g/mol. The Morgan fingerprint density at radius 3 is 2.67 bits per heavy atom. The fourth-order valence-electron chi connectivity index (χ4n) is 2.51. The van der Waals surface area contributed by atoms with E-state index in [1.54, 1.807) is 24.3 Å². The Hall–Kier alpha value is -2.07. The lowest BCUT2D eigenvalue weighted by Crippen LogP contribution is -2.04. The minimum absolute atomic E-state index is 0.161. The molecular formula is C16H15ClFN3. The zero-order valence-corrected chi connectivity index (χ0v) is 12.5. The fourth-order valence-corrected chi connectivity index (χ4v) is 2.68. The van der Waals surface area contributed by atoms with Crippen molar-refractivity contribution in [2.75, 3.05) is 5.73 Å². The molecule has 2 N–H and O–H groups in total. The summed E-state index contributed by atoms with van der Waals surface area (Å²) in [6, 6.07) is 10.0. The molecule has 1 heterocycles. The van der Waals surface area contributed by atoms with Gasteiger partial charge in [-0.1, -0.05) is 11.6 Å². The quantitative estimate of drug-likeness (QED) is 0.700. The highest BCUT2D eigenvalue weighted by Crippen LogP contribution is 2.33. The van der Waals surface area contributed by atoms with Crippen LogP contribution in [0.2, 0.25) is 5.02 Å². The van der Waals surface area contributed by atoms with Crippen molar-refractivity contribution in [3.63, 3.8) is 0 Å². The molecule has 3 nitrogen and oxygen atoms in total. The van der Waals surface area contributed by atoms with Crippen molar-refractivity contribution in [1.29, 1.82) is 0 Å². The first kappa shape index (κ1) is 13.9. The number of anilines is 1. The SMILES string of the molecule is CC(C)n1c(-c2cc(Cl)ccc2N)nc2cc(F)ccc21. The summed E-state index contributed by atoms with van der Waals surface area (Å²) in [5.74, 6) is 0.395. The molecule has 0 radical (unpaired) electrons. The van der Waals surface area contributed by atoms with Gasteiger partial charge in [0.2, 0.25) is 0 Å². The zero-order valence-electron chi connectivity index (χ0n) is 11.8. The number of fused-ring (bicyclic) bond motifs is 1. The van der Waals surface area contributed by atoms with Crippen molar-refractivity contribution >= 4 is 28.3 Å². The second-order valence-corrected chi connectivity index (χ2v) is 5.70. The van der Waals surface area contributed by atoms with Crippen molar-refractivity contribution in [2.45, 2.75) is 19.9 Å². The minimum Gasteiger partial charge on any atom is -0.398 e. The van der Waals surface area contributed by atoms with E-state index in [1.165, 1.54) is 12.1 Å². The number of nitrogen functional groups attached to an aromatic ring is 1. The van der Waals surface area contributed by atoms with Crippen LogP contribution in [0.3, 0.4) is 0 Å². The van der Waals surface area contributed by atoms with E-state index in [1.807, 2.05) is 4.57 Å². The average molecular weight is 304 g/mol. The number of halogens is 2. The lowest BCUT2D eigenvalue weighted by Gasteiger charge is -2.14. The van der Waals surface area contributed by atoms with Crippen LogP contribution >= 0.6 is 11.6 Å². The number of rotatable bonds is 2. The summed E-state index contributed by atoms with van der Waals surface area (Å²) in [5.41, 5.74) is 8.89. The first-order chi connectivity index (χ1) is 9.97. The van der Waals surface area contributed by atoms with Gasteiger partial charge in [-0.2, -0.15) is 0 Å². The summed E-state index contributed by atoms with van der Waals surface area (Å²) in [5, 5.41) is 0.591. The third-order valence-corrected chi connectivity index (χ3v) is 3.66. The molecule has 108 valence electrons. The third-order valence-electron chi connectivity index (χ3n) is 3.42. The predicted octanol–water partition coefficient (Wildman–Crippen LogP) is 4.66. The lowest BCUT2D eigenvalue weighted by atomic mass is 10.1. The van der Waals surface area contributed by atoms with Gasteiger partial charge in [-0.15, -0.1) is 0 Å². The maximum atomic E-state index is 13.4. The topological polar surface area (TPSA) is 43.8 Å². The Balaban J connectivity index is 2.36. The Morgan fingerprint density at radius 1 is 1.19 bits per heavy atom. The number of hydrogen-bond donors (Lipinski definition) is 1. The summed E-state index contributed by atoms with van der Waals surface area (Å²) in [6.07, 6.45) is 0. The highest BCUT2D eigenvalue weighted by molar-refractivity contribution is 6.31. The molecule has 0 saturated heterocycles. The smallest absolute Gasteiger partial charge is 0.143 e. The zero-order chi connectivity index (χ0) is 15.1. The highest BCUT2D eigenvalue weighted by Gasteiger charge is 2.17. The number of imidazole rings is 1. The van der Waals surface area contributed by atoms with E-state index in [0.717, 1.165) is 11.1 Å². The average Bonchev–Trinajstić information content (AvgIpc) is 2.79. The second kappa shape index (κ2) is 5.04. The summed E-state index contributed by atoms with van der Waals surface area (Å²) < 4.78 is 15.5. The van der Waals surface area contributed by atoms with Gasteiger partial charge in [0.25, 0.3) is 0 Å². The molecule has 0 spiro atoms. The molecule has 21 heavy (non-hydrogen) atoms. The molecule has 0 bridgehead atoms. The van der Waals surface area contributed by atoms with E-state index in [-0.39, 0.29) is 11.9 Å². The van der Waals surface area contributed by atoms with Crippen LogP contribution in [0.4, 0.5) is 10.1 Å².